The van der Waals surface area contributed by atoms with Crippen LogP contribution >= 0.6 is 0 Å². The number of aryl methyl sites for hydroxylation is 2. The summed E-state index contributed by atoms with van der Waals surface area (Å²) in [4.78, 5) is 23.0. The first-order valence-electron chi connectivity index (χ1n) is 12.0. The number of anilines is 2. The van der Waals surface area contributed by atoms with Gasteiger partial charge >= 0.3 is 0 Å². The molecule has 1 aromatic carbocycles. The van der Waals surface area contributed by atoms with Crippen molar-refractivity contribution in [2.75, 3.05) is 30.0 Å². The van der Waals surface area contributed by atoms with Crippen LogP contribution in [0.2, 0.25) is 0 Å². The number of hydrogen-bond donors (Lipinski definition) is 3. The Bertz CT molecular complexity index is 1450. The quantitative estimate of drug-likeness (QED) is 0.382. The zero-order valence-electron chi connectivity index (χ0n) is 19.8. The third-order valence-electron chi connectivity index (χ3n) is 7.18. The van der Waals surface area contributed by atoms with Crippen LogP contribution in [-0.4, -0.2) is 51.6 Å². The van der Waals surface area contributed by atoms with Crippen molar-refractivity contribution in [1.29, 1.82) is 0 Å². The van der Waals surface area contributed by atoms with E-state index in [0.717, 1.165) is 54.6 Å². The summed E-state index contributed by atoms with van der Waals surface area (Å²) >= 11 is 0. The van der Waals surface area contributed by atoms with E-state index >= 15 is 0 Å². The van der Waals surface area contributed by atoms with Gasteiger partial charge in [0.2, 0.25) is 0 Å². The lowest BCUT2D eigenvalue weighted by molar-refractivity contribution is 0.102. The van der Waals surface area contributed by atoms with Crippen LogP contribution in [0.25, 0.3) is 16.6 Å². The topological polar surface area (TPSA) is 77.5 Å². The number of halogens is 2. The van der Waals surface area contributed by atoms with Gasteiger partial charge in [-0.2, -0.15) is 0 Å². The molecule has 2 aliphatic rings. The summed E-state index contributed by atoms with van der Waals surface area (Å²) in [5.41, 5.74) is 4.21. The van der Waals surface area contributed by atoms with Crippen LogP contribution in [0.3, 0.4) is 0 Å². The number of fused-ring (bicyclic) bond motifs is 2. The van der Waals surface area contributed by atoms with Crippen molar-refractivity contribution < 1.29 is 13.6 Å². The zero-order valence-corrected chi connectivity index (χ0v) is 19.8. The molecule has 4 aromatic rings. The van der Waals surface area contributed by atoms with Crippen LogP contribution in [0.5, 0.6) is 0 Å². The van der Waals surface area contributed by atoms with Gasteiger partial charge in [0, 0.05) is 59.9 Å². The number of alkyl halides is 1. The predicted molar refractivity (Wildman–Crippen MR) is 133 cm³/mol. The molecule has 7 nitrogen and oxygen atoms in total. The monoisotopic (exact) mass is 478 g/mol. The van der Waals surface area contributed by atoms with Crippen LogP contribution < -0.4 is 15.5 Å². The minimum atomic E-state index is -0.495. The summed E-state index contributed by atoms with van der Waals surface area (Å²) in [7, 11) is 0. The van der Waals surface area contributed by atoms with E-state index in [1.807, 2.05) is 25.1 Å². The number of aromatic amines is 1. The van der Waals surface area contributed by atoms with Gasteiger partial charge < -0.3 is 24.9 Å². The van der Waals surface area contributed by atoms with Gasteiger partial charge in [0.05, 0.1) is 22.5 Å². The fourth-order valence-corrected chi connectivity index (χ4v) is 5.25. The molecule has 4 heterocycles. The second kappa shape index (κ2) is 8.05. The maximum absolute atomic E-state index is 14.5. The van der Waals surface area contributed by atoms with E-state index in [2.05, 4.69) is 25.5 Å². The minimum absolute atomic E-state index is 0.227. The van der Waals surface area contributed by atoms with Crippen LogP contribution in [0.1, 0.15) is 41.0 Å². The summed E-state index contributed by atoms with van der Waals surface area (Å²) in [6.45, 7) is 5.11. The first-order chi connectivity index (χ1) is 16.8. The average molecular weight is 479 g/mol. The van der Waals surface area contributed by atoms with Crippen molar-refractivity contribution in [3.05, 3.63) is 59.4 Å². The number of benzene rings is 1. The summed E-state index contributed by atoms with van der Waals surface area (Å²) in [5.74, 6) is -0.816. The van der Waals surface area contributed by atoms with Crippen LogP contribution in [0.15, 0.2) is 36.7 Å². The third kappa shape index (κ3) is 3.93. The second-order valence-electron chi connectivity index (χ2n) is 10.0. The van der Waals surface area contributed by atoms with E-state index in [1.165, 1.54) is 6.07 Å². The molecule has 0 spiro atoms. The number of amides is 1. The average Bonchev–Trinajstić information content (AvgIpc) is 3.10. The first kappa shape index (κ1) is 22.0. The molecule has 3 N–H and O–H groups in total. The van der Waals surface area contributed by atoms with Gasteiger partial charge in [-0.3, -0.25) is 4.79 Å². The molecule has 0 unspecified atom stereocenters. The van der Waals surface area contributed by atoms with E-state index in [1.54, 1.807) is 23.7 Å². The Kier molecular flexibility index (Phi) is 5.07. The maximum atomic E-state index is 14.5. The molecule has 1 amide bonds. The van der Waals surface area contributed by atoms with Gasteiger partial charge in [-0.15, -0.1) is 0 Å². The lowest BCUT2D eigenvalue weighted by atomic mass is 10.1. The van der Waals surface area contributed by atoms with Crippen LogP contribution in [0.4, 0.5) is 20.2 Å². The Morgan fingerprint density at radius 3 is 2.86 bits per heavy atom. The zero-order chi connectivity index (χ0) is 24.3. The minimum Gasteiger partial charge on any atom is -0.369 e. The van der Waals surface area contributed by atoms with Gasteiger partial charge in [-0.05, 0) is 51.3 Å². The largest absolute Gasteiger partial charge is 0.369 e. The number of H-pyrrole nitrogens is 1. The molecule has 6 rings (SSSR count). The predicted octanol–water partition coefficient (Wildman–Crippen LogP) is 4.49. The molecule has 3 aromatic heterocycles. The molecule has 1 aliphatic carbocycles. The molecule has 0 radical (unpaired) electrons. The number of pyridine rings is 1. The normalized spacial score (nSPS) is 19.1. The fourth-order valence-electron chi connectivity index (χ4n) is 5.25. The van der Waals surface area contributed by atoms with Gasteiger partial charge in [0.25, 0.3) is 5.91 Å². The molecular weight excluding hydrogens is 450 g/mol. The first-order valence-corrected chi connectivity index (χ1v) is 12.0. The number of carbonyl (C=O) groups is 1. The highest BCUT2D eigenvalue weighted by Gasteiger charge is 2.45. The van der Waals surface area contributed by atoms with Gasteiger partial charge in [-0.1, -0.05) is 0 Å². The molecule has 182 valence electrons. The Morgan fingerprint density at radius 1 is 1.26 bits per heavy atom. The van der Waals surface area contributed by atoms with Crippen molar-refractivity contribution in [2.24, 2.45) is 0 Å². The second-order valence-corrected chi connectivity index (χ2v) is 10.0. The van der Waals surface area contributed by atoms with Gasteiger partial charge in [0.1, 0.15) is 6.67 Å². The molecule has 0 bridgehead atoms. The van der Waals surface area contributed by atoms with E-state index < -0.39 is 5.82 Å². The molecule has 35 heavy (non-hydrogen) atoms. The Labute approximate surface area is 201 Å². The maximum Gasteiger partial charge on any atom is 0.257 e. The van der Waals surface area contributed by atoms with Crippen molar-refractivity contribution >= 4 is 33.8 Å². The van der Waals surface area contributed by atoms with Crippen molar-refractivity contribution in [1.82, 2.24) is 19.7 Å². The number of rotatable bonds is 6. The molecule has 9 heteroatoms. The summed E-state index contributed by atoms with van der Waals surface area (Å²) < 4.78 is 29.4. The molecule has 1 aliphatic heterocycles. The highest BCUT2D eigenvalue weighted by molar-refractivity contribution is 6.14. The van der Waals surface area contributed by atoms with Crippen molar-refractivity contribution in [3.63, 3.8) is 0 Å². The highest BCUT2D eigenvalue weighted by atomic mass is 19.1. The van der Waals surface area contributed by atoms with Gasteiger partial charge in [0.15, 0.2) is 11.5 Å². The van der Waals surface area contributed by atoms with E-state index in [-0.39, 0.29) is 29.8 Å². The van der Waals surface area contributed by atoms with E-state index in [9.17, 15) is 13.6 Å². The number of nitrogens with zero attached hydrogens (tertiary/aromatic N) is 3. The van der Waals surface area contributed by atoms with Crippen molar-refractivity contribution in [3.8, 4) is 0 Å². The molecule has 1 atom stereocenters. The molecule has 1 saturated carbocycles. The summed E-state index contributed by atoms with van der Waals surface area (Å²) in [6.07, 6.45) is 6.14. The Hall–Kier alpha value is -3.46. The Morgan fingerprint density at radius 2 is 2.09 bits per heavy atom. The lowest BCUT2D eigenvalue weighted by Crippen LogP contribution is -2.43. The molecule has 1 saturated heterocycles. The standard InChI is InChI=1S/C26H28F2N6O/c1-15-9-20-22(33-8-5-17(12-33)32-26(14-27)6-7-26)4-3-19(23(20)29-15)25(35)31-18-10-21(28)24-30-16(2)11-34(24)13-18/h3-4,9-11,13,17,29,32H,5-8,12,14H2,1-2H3,(H,31,35)/t17-/m0/s1. The molecule has 2 fully saturated rings. The van der Waals surface area contributed by atoms with E-state index in [4.69, 9.17) is 0 Å². The smallest absolute Gasteiger partial charge is 0.257 e. The highest BCUT2D eigenvalue weighted by Crippen LogP contribution is 2.38. The van der Waals surface area contributed by atoms with Crippen LogP contribution in [-0.2, 0) is 0 Å². The fraction of sp³-hybridized carbons (Fsp3) is 0.385. The Balaban J connectivity index is 1.27. The number of imidazole rings is 1. The van der Waals surface area contributed by atoms with E-state index in [0.29, 0.717) is 16.9 Å². The number of aromatic nitrogens is 3. The number of carbonyl (C=O) groups excluding carboxylic acids is 1. The summed E-state index contributed by atoms with van der Waals surface area (Å²) in [6, 6.07) is 7.36. The third-order valence-corrected chi connectivity index (χ3v) is 7.18. The lowest BCUT2D eigenvalue weighted by Gasteiger charge is -2.23. The number of hydrogen-bond acceptors (Lipinski definition) is 4. The molecular formula is C26H28F2N6O. The van der Waals surface area contributed by atoms with Crippen LogP contribution in [0, 0.1) is 19.7 Å². The number of nitrogens with one attached hydrogen (secondary N) is 3. The van der Waals surface area contributed by atoms with Crippen molar-refractivity contribution in [2.45, 2.75) is 44.7 Å². The van der Waals surface area contributed by atoms with Gasteiger partial charge in [-0.25, -0.2) is 13.8 Å². The SMILES string of the molecule is Cc1cn2cc(NC(=O)c3ccc(N4CC[C@H](NC5(CF)CC5)C4)c4cc(C)[nH]c34)cc(F)c2n1. The summed E-state index contributed by atoms with van der Waals surface area (Å²) in [5, 5.41) is 7.32.